The first-order valence-electron chi connectivity index (χ1n) is 10.2. The predicted molar refractivity (Wildman–Crippen MR) is 126 cm³/mol. The zero-order chi connectivity index (χ0) is 23.4. The van der Waals surface area contributed by atoms with Crippen LogP contribution in [0.5, 0.6) is 5.75 Å². The molecule has 0 aliphatic carbocycles. The average Bonchev–Trinajstić information content (AvgIpc) is 2.87. The Morgan fingerprint density at radius 2 is 1.73 bits per heavy atom. The van der Waals surface area contributed by atoms with Crippen molar-refractivity contribution in [2.45, 2.75) is 0 Å². The number of methoxy groups -OCH3 is 2. The van der Waals surface area contributed by atoms with Crippen molar-refractivity contribution in [1.82, 2.24) is 15.3 Å². The number of para-hydroxylation sites is 1. The summed E-state index contributed by atoms with van der Waals surface area (Å²) in [4.78, 5) is 33.0. The first kappa shape index (κ1) is 21.8. The first-order valence-corrected chi connectivity index (χ1v) is 10.2. The lowest BCUT2D eigenvalue weighted by atomic mass is 10.0. The van der Waals surface area contributed by atoms with Crippen LogP contribution in [0, 0.1) is 0 Å². The van der Waals surface area contributed by atoms with Crippen molar-refractivity contribution in [3.05, 3.63) is 78.2 Å². The molecular formula is C25H22N4O4. The van der Waals surface area contributed by atoms with E-state index in [0.717, 1.165) is 22.2 Å². The van der Waals surface area contributed by atoms with E-state index in [4.69, 9.17) is 9.47 Å². The van der Waals surface area contributed by atoms with Gasteiger partial charge < -0.3 is 20.1 Å². The fourth-order valence-corrected chi connectivity index (χ4v) is 3.50. The molecule has 0 atom stereocenters. The number of aromatic nitrogens is 2. The van der Waals surface area contributed by atoms with Gasteiger partial charge in [0.2, 0.25) is 0 Å². The maximum absolute atomic E-state index is 12.6. The molecule has 1 amide bonds. The largest absolute Gasteiger partial charge is 0.496 e. The molecule has 33 heavy (non-hydrogen) atoms. The van der Waals surface area contributed by atoms with Gasteiger partial charge in [-0.3, -0.25) is 9.78 Å². The Labute approximate surface area is 190 Å². The fraction of sp³-hybridized carbons (Fsp3) is 0.120. The lowest BCUT2D eigenvalue weighted by Gasteiger charge is -2.17. The Balaban J connectivity index is 1.92. The second kappa shape index (κ2) is 9.35. The highest BCUT2D eigenvalue weighted by molar-refractivity contribution is 6.09. The second-order valence-corrected chi connectivity index (χ2v) is 7.11. The van der Waals surface area contributed by atoms with Crippen LogP contribution in [0.15, 0.2) is 67.0 Å². The van der Waals surface area contributed by atoms with Crippen molar-refractivity contribution in [3.63, 3.8) is 0 Å². The van der Waals surface area contributed by atoms with Crippen LogP contribution in [0.25, 0.3) is 22.0 Å². The molecule has 0 fully saturated rings. The van der Waals surface area contributed by atoms with Gasteiger partial charge in [0, 0.05) is 47.7 Å². The highest BCUT2D eigenvalue weighted by atomic mass is 16.5. The third kappa shape index (κ3) is 4.31. The summed E-state index contributed by atoms with van der Waals surface area (Å²) in [5.41, 5.74) is 4.18. The minimum Gasteiger partial charge on any atom is -0.496 e. The van der Waals surface area contributed by atoms with Gasteiger partial charge in [-0.05, 0) is 24.3 Å². The zero-order valence-electron chi connectivity index (χ0n) is 18.4. The molecule has 2 heterocycles. The third-order valence-electron chi connectivity index (χ3n) is 5.17. The van der Waals surface area contributed by atoms with Gasteiger partial charge in [-0.2, -0.15) is 0 Å². The molecule has 0 radical (unpaired) electrons. The number of esters is 1. The first-order chi connectivity index (χ1) is 16.0. The average molecular weight is 442 g/mol. The molecule has 8 nitrogen and oxygen atoms in total. The fourth-order valence-electron chi connectivity index (χ4n) is 3.50. The number of carbonyl (C=O) groups excluding carboxylic acids is 2. The number of fused-ring (bicyclic) bond motifs is 1. The predicted octanol–water partition coefficient (Wildman–Crippen LogP) is 4.20. The van der Waals surface area contributed by atoms with Gasteiger partial charge in [-0.1, -0.05) is 24.3 Å². The molecule has 2 N–H and O–H groups in total. The minimum absolute atomic E-state index is 0.205. The quantitative estimate of drug-likeness (QED) is 0.432. The van der Waals surface area contributed by atoms with Crippen molar-refractivity contribution in [3.8, 4) is 16.9 Å². The molecule has 0 saturated carbocycles. The molecule has 0 spiro atoms. The summed E-state index contributed by atoms with van der Waals surface area (Å²) in [6.07, 6.45) is 3.12. The zero-order valence-corrected chi connectivity index (χ0v) is 18.4. The summed E-state index contributed by atoms with van der Waals surface area (Å²) in [6, 6.07) is 16.6. The Kier molecular flexibility index (Phi) is 6.17. The Hall–Kier alpha value is -4.46. The van der Waals surface area contributed by atoms with Gasteiger partial charge in [-0.25, -0.2) is 9.78 Å². The highest BCUT2D eigenvalue weighted by Crippen LogP contribution is 2.38. The maximum atomic E-state index is 12.6. The summed E-state index contributed by atoms with van der Waals surface area (Å²) in [5.74, 6) is -0.189. The van der Waals surface area contributed by atoms with Crippen molar-refractivity contribution >= 4 is 34.2 Å². The number of pyridine rings is 2. The van der Waals surface area contributed by atoms with Gasteiger partial charge in [0.25, 0.3) is 5.91 Å². The number of benzene rings is 2. The van der Waals surface area contributed by atoms with Gasteiger partial charge in [-0.15, -0.1) is 0 Å². The van der Waals surface area contributed by atoms with E-state index in [0.29, 0.717) is 22.5 Å². The molecule has 8 heteroatoms. The molecule has 0 bridgehead atoms. The van der Waals surface area contributed by atoms with Crippen molar-refractivity contribution in [1.29, 1.82) is 0 Å². The van der Waals surface area contributed by atoms with Crippen molar-refractivity contribution in [2.75, 3.05) is 26.6 Å². The van der Waals surface area contributed by atoms with E-state index in [-0.39, 0.29) is 11.6 Å². The van der Waals surface area contributed by atoms with Gasteiger partial charge in [0.05, 0.1) is 31.0 Å². The molecule has 0 saturated heterocycles. The number of hydrogen-bond acceptors (Lipinski definition) is 7. The molecule has 2 aromatic heterocycles. The smallest absolute Gasteiger partial charge is 0.356 e. The van der Waals surface area contributed by atoms with E-state index in [1.807, 2.05) is 42.5 Å². The second-order valence-electron chi connectivity index (χ2n) is 7.11. The molecule has 0 aliphatic rings. The Morgan fingerprint density at radius 1 is 0.939 bits per heavy atom. The Morgan fingerprint density at radius 3 is 2.36 bits per heavy atom. The standard InChI is InChI=1S/C25H22N4O4/c1-26-24(30)19-14-28-21-12-22(32-2)17(15-9-10-20(27-13-15)25(31)33-3)11-18(21)23(19)29-16-7-5-4-6-8-16/h4-14H,1-3H3,(H,26,30)(H,28,29). The van der Waals surface area contributed by atoms with Crippen LogP contribution in [0.3, 0.4) is 0 Å². The summed E-state index contributed by atoms with van der Waals surface area (Å²) in [6.45, 7) is 0. The van der Waals surface area contributed by atoms with Gasteiger partial charge in [0.15, 0.2) is 0 Å². The number of rotatable bonds is 6. The highest BCUT2D eigenvalue weighted by Gasteiger charge is 2.18. The van der Waals surface area contributed by atoms with Crippen LogP contribution in [-0.4, -0.2) is 43.1 Å². The number of anilines is 2. The summed E-state index contributed by atoms with van der Waals surface area (Å²) < 4.78 is 10.3. The maximum Gasteiger partial charge on any atom is 0.356 e. The summed E-state index contributed by atoms with van der Waals surface area (Å²) in [5, 5.41) is 6.76. The third-order valence-corrected chi connectivity index (χ3v) is 5.17. The minimum atomic E-state index is -0.513. The van der Waals surface area contributed by atoms with E-state index in [1.54, 1.807) is 32.5 Å². The Bertz CT molecular complexity index is 1320. The van der Waals surface area contributed by atoms with Crippen LogP contribution in [0.2, 0.25) is 0 Å². The SMILES string of the molecule is CNC(=O)c1cnc2cc(OC)c(-c3ccc(C(=O)OC)nc3)cc2c1Nc1ccccc1. The van der Waals surface area contributed by atoms with Crippen LogP contribution in [0.4, 0.5) is 11.4 Å². The van der Waals surface area contributed by atoms with E-state index >= 15 is 0 Å². The van der Waals surface area contributed by atoms with E-state index in [1.165, 1.54) is 13.3 Å². The molecule has 0 aliphatic heterocycles. The van der Waals surface area contributed by atoms with Crippen molar-refractivity contribution in [2.24, 2.45) is 0 Å². The van der Waals surface area contributed by atoms with E-state index < -0.39 is 5.97 Å². The van der Waals surface area contributed by atoms with Gasteiger partial charge >= 0.3 is 5.97 Å². The van der Waals surface area contributed by atoms with Crippen LogP contribution >= 0.6 is 0 Å². The van der Waals surface area contributed by atoms with Crippen LogP contribution in [-0.2, 0) is 4.74 Å². The molecule has 4 rings (SSSR count). The summed E-state index contributed by atoms with van der Waals surface area (Å²) >= 11 is 0. The number of nitrogens with zero attached hydrogens (tertiary/aromatic N) is 2. The topological polar surface area (TPSA) is 102 Å². The summed E-state index contributed by atoms with van der Waals surface area (Å²) in [7, 11) is 4.46. The number of carbonyl (C=O) groups is 2. The number of hydrogen-bond donors (Lipinski definition) is 2. The molecule has 0 unspecified atom stereocenters. The van der Waals surface area contributed by atoms with Gasteiger partial charge in [0.1, 0.15) is 11.4 Å². The van der Waals surface area contributed by atoms with E-state index in [2.05, 4.69) is 20.6 Å². The molecule has 166 valence electrons. The van der Waals surface area contributed by atoms with Crippen LogP contribution in [0.1, 0.15) is 20.8 Å². The normalized spacial score (nSPS) is 10.5. The number of ether oxygens (including phenoxy) is 2. The monoisotopic (exact) mass is 442 g/mol. The van der Waals surface area contributed by atoms with Crippen molar-refractivity contribution < 1.29 is 19.1 Å². The number of amides is 1. The lowest BCUT2D eigenvalue weighted by molar-refractivity contribution is 0.0594. The number of nitrogens with one attached hydrogen (secondary N) is 2. The molecule has 4 aromatic rings. The lowest BCUT2D eigenvalue weighted by Crippen LogP contribution is -2.19. The van der Waals surface area contributed by atoms with Crippen LogP contribution < -0.4 is 15.4 Å². The molecule has 2 aromatic carbocycles. The molecular weight excluding hydrogens is 420 g/mol. The van der Waals surface area contributed by atoms with E-state index in [9.17, 15) is 9.59 Å².